The van der Waals surface area contributed by atoms with E-state index < -0.39 is 0 Å². The maximum Gasteiger partial charge on any atom is 0.180 e. The Morgan fingerprint density at radius 1 is 1.25 bits per heavy atom. The quantitative estimate of drug-likeness (QED) is 0.785. The summed E-state index contributed by atoms with van der Waals surface area (Å²) in [5.74, 6) is 0.874. The van der Waals surface area contributed by atoms with E-state index in [-0.39, 0.29) is 0 Å². The van der Waals surface area contributed by atoms with Crippen molar-refractivity contribution in [2.45, 2.75) is 32.8 Å². The summed E-state index contributed by atoms with van der Waals surface area (Å²) in [5.41, 5.74) is 9.23. The Kier molecular flexibility index (Phi) is 6.08. The summed E-state index contributed by atoms with van der Waals surface area (Å²) in [5, 5.41) is 8.56. The minimum atomic E-state index is 0.565. The first-order chi connectivity index (χ1) is 9.75. The number of nitrogens with zero attached hydrogens (tertiary/aromatic N) is 2. The molecule has 108 valence electrons. The van der Waals surface area contributed by atoms with Crippen LogP contribution in [0.25, 0.3) is 0 Å². The molecule has 0 saturated carbocycles. The first-order valence-corrected chi connectivity index (χ1v) is 7.88. The highest BCUT2D eigenvalue weighted by atomic mass is 32.2. The summed E-state index contributed by atoms with van der Waals surface area (Å²) in [4.78, 5) is 0. The molecule has 0 aromatic heterocycles. The fourth-order valence-corrected chi connectivity index (χ4v) is 2.56. The largest absolute Gasteiger partial charge is 0.377 e. The van der Waals surface area contributed by atoms with Gasteiger partial charge in [0, 0.05) is 12.4 Å². The lowest BCUT2D eigenvalue weighted by Crippen LogP contribution is -2.15. The molecule has 0 saturated heterocycles. The van der Waals surface area contributed by atoms with Crippen LogP contribution in [0.5, 0.6) is 0 Å². The highest BCUT2D eigenvalue weighted by molar-refractivity contribution is 8.14. The van der Waals surface area contributed by atoms with Crippen molar-refractivity contribution >= 4 is 22.6 Å². The van der Waals surface area contributed by atoms with Crippen molar-refractivity contribution in [2.75, 3.05) is 12.4 Å². The van der Waals surface area contributed by atoms with Gasteiger partial charge in [0.25, 0.3) is 0 Å². The minimum absolute atomic E-state index is 0.565. The molecule has 0 aliphatic carbocycles. The van der Waals surface area contributed by atoms with Crippen LogP contribution in [0.4, 0.5) is 0 Å². The molecule has 0 fully saturated rings. The molecule has 1 aliphatic heterocycles. The summed E-state index contributed by atoms with van der Waals surface area (Å²) in [7, 11) is 0. The van der Waals surface area contributed by atoms with Gasteiger partial charge in [0.15, 0.2) is 5.17 Å². The van der Waals surface area contributed by atoms with Gasteiger partial charge in [-0.1, -0.05) is 36.0 Å². The third-order valence-electron chi connectivity index (χ3n) is 3.20. The van der Waals surface area contributed by atoms with Crippen molar-refractivity contribution in [1.29, 1.82) is 0 Å². The molecule has 0 atom stereocenters. The molecule has 2 rings (SSSR count). The SMILES string of the molecule is Cc1ccccc1COCCCCC1=NN=C(N)SC1. The van der Waals surface area contributed by atoms with Gasteiger partial charge in [-0.05, 0) is 37.3 Å². The Morgan fingerprint density at radius 3 is 2.85 bits per heavy atom. The average Bonchev–Trinajstić information content (AvgIpc) is 2.46. The van der Waals surface area contributed by atoms with E-state index in [0.29, 0.717) is 11.8 Å². The number of benzene rings is 1. The van der Waals surface area contributed by atoms with E-state index in [0.717, 1.165) is 37.3 Å². The smallest absolute Gasteiger partial charge is 0.180 e. The predicted octanol–water partition coefficient (Wildman–Crippen LogP) is 3.10. The lowest BCUT2D eigenvalue weighted by molar-refractivity contribution is 0.117. The topological polar surface area (TPSA) is 60.0 Å². The number of ether oxygens (including phenoxy) is 1. The Morgan fingerprint density at radius 2 is 2.10 bits per heavy atom. The van der Waals surface area contributed by atoms with Gasteiger partial charge in [-0.25, -0.2) is 0 Å². The molecule has 20 heavy (non-hydrogen) atoms. The second-order valence-corrected chi connectivity index (χ2v) is 5.82. The van der Waals surface area contributed by atoms with Crippen LogP contribution in [-0.2, 0) is 11.3 Å². The second kappa shape index (κ2) is 8.07. The summed E-state index contributed by atoms with van der Waals surface area (Å²) in [6.07, 6.45) is 3.12. The number of aryl methyl sites for hydroxylation is 1. The van der Waals surface area contributed by atoms with Crippen molar-refractivity contribution in [1.82, 2.24) is 0 Å². The molecule has 0 bridgehead atoms. The molecule has 1 aromatic rings. The molecular weight excluding hydrogens is 270 g/mol. The standard InChI is InChI=1S/C15H21N3OS/c1-12-6-2-3-7-13(12)10-19-9-5-4-8-14-11-20-15(16)18-17-14/h2-3,6-7H,4-5,8-11H2,1H3,(H2,16,18). The van der Waals surface area contributed by atoms with Gasteiger partial charge in [0.05, 0.1) is 12.3 Å². The van der Waals surface area contributed by atoms with E-state index in [1.165, 1.54) is 11.1 Å². The monoisotopic (exact) mass is 291 g/mol. The molecule has 4 nitrogen and oxygen atoms in total. The fraction of sp³-hybridized carbons (Fsp3) is 0.467. The number of nitrogens with two attached hydrogens (primary N) is 1. The molecule has 5 heteroatoms. The van der Waals surface area contributed by atoms with E-state index in [1.54, 1.807) is 11.8 Å². The summed E-state index contributed by atoms with van der Waals surface area (Å²) < 4.78 is 5.71. The van der Waals surface area contributed by atoms with Crippen LogP contribution in [0.2, 0.25) is 0 Å². The molecule has 0 unspecified atom stereocenters. The van der Waals surface area contributed by atoms with Crippen LogP contribution < -0.4 is 5.73 Å². The van der Waals surface area contributed by atoms with Gasteiger partial charge >= 0.3 is 0 Å². The van der Waals surface area contributed by atoms with Crippen LogP contribution in [0.1, 0.15) is 30.4 Å². The molecule has 1 heterocycles. The predicted molar refractivity (Wildman–Crippen MR) is 86.2 cm³/mol. The van der Waals surface area contributed by atoms with E-state index in [2.05, 4.69) is 41.4 Å². The number of hydrogen-bond acceptors (Lipinski definition) is 5. The lowest BCUT2D eigenvalue weighted by Gasteiger charge is -2.09. The lowest BCUT2D eigenvalue weighted by atomic mass is 10.1. The number of unbranched alkanes of at least 4 members (excludes halogenated alkanes) is 1. The molecule has 0 spiro atoms. The number of thioether (sulfide) groups is 1. The van der Waals surface area contributed by atoms with Crippen molar-refractivity contribution in [2.24, 2.45) is 15.9 Å². The van der Waals surface area contributed by atoms with Crippen LogP contribution in [0, 0.1) is 6.92 Å². The van der Waals surface area contributed by atoms with Crippen molar-refractivity contribution in [3.8, 4) is 0 Å². The zero-order chi connectivity index (χ0) is 14.2. The highest BCUT2D eigenvalue weighted by Gasteiger charge is 2.07. The molecule has 2 N–H and O–H groups in total. The van der Waals surface area contributed by atoms with E-state index in [9.17, 15) is 0 Å². The first kappa shape index (κ1) is 15.1. The van der Waals surface area contributed by atoms with Crippen LogP contribution >= 0.6 is 11.8 Å². The molecule has 1 aliphatic rings. The Labute approximate surface area is 124 Å². The maximum absolute atomic E-state index is 5.71. The van der Waals surface area contributed by atoms with E-state index in [1.807, 2.05) is 0 Å². The Hall–Kier alpha value is -1.33. The zero-order valence-corrected chi connectivity index (χ0v) is 12.7. The van der Waals surface area contributed by atoms with Gasteiger partial charge in [-0.3, -0.25) is 0 Å². The second-order valence-electron chi connectivity index (χ2n) is 4.83. The minimum Gasteiger partial charge on any atom is -0.377 e. The fourth-order valence-electron chi connectivity index (χ4n) is 1.94. The highest BCUT2D eigenvalue weighted by Crippen LogP contribution is 2.12. The summed E-state index contributed by atoms with van der Waals surface area (Å²) >= 11 is 1.56. The number of amidine groups is 1. The normalized spacial score (nSPS) is 14.8. The van der Waals surface area contributed by atoms with Gasteiger partial charge in [0.1, 0.15) is 0 Å². The van der Waals surface area contributed by atoms with Gasteiger partial charge < -0.3 is 10.5 Å². The molecule has 1 aromatic carbocycles. The van der Waals surface area contributed by atoms with Gasteiger partial charge in [-0.15, -0.1) is 5.10 Å². The molecule has 0 amide bonds. The first-order valence-electron chi connectivity index (χ1n) is 6.89. The van der Waals surface area contributed by atoms with Crippen molar-refractivity contribution in [3.05, 3.63) is 35.4 Å². The van der Waals surface area contributed by atoms with E-state index >= 15 is 0 Å². The maximum atomic E-state index is 5.71. The summed E-state index contributed by atoms with van der Waals surface area (Å²) in [6.45, 7) is 3.61. The van der Waals surface area contributed by atoms with E-state index in [4.69, 9.17) is 10.5 Å². The molecule has 0 radical (unpaired) electrons. The van der Waals surface area contributed by atoms with Gasteiger partial charge in [-0.2, -0.15) is 5.10 Å². The Balaban J connectivity index is 1.57. The van der Waals surface area contributed by atoms with Crippen molar-refractivity contribution in [3.63, 3.8) is 0 Å². The van der Waals surface area contributed by atoms with Crippen LogP contribution in [0.3, 0.4) is 0 Å². The van der Waals surface area contributed by atoms with Gasteiger partial charge in [0.2, 0.25) is 0 Å². The zero-order valence-electron chi connectivity index (χ0n) is 11.8. The third-order valence-corrected chi connectivity index (χ3v) is 4.05. The number of hydrogen-bond donors (Lipinski definition) is 1. The Bertz CT molecular complexity index is 500. The van der Waals surface area contributed by atoms with Crippen LogP contribution in [0.15, 0.2) is 34.5 Å². The summed E-state index contributed by atoms with van der Waals surface area (Å²) in [6, 6.07) is 8.34. The number of rotatable bonds is 7. The third kappa shape index (κ3) is 4.98. The average molecular weight is 291 g/mol. The molecular formula is C15H21N3OS. The van der Waals surface area contributed by atoms with Crippen molar-refractivity contribution < 1.29 is 4.74 Å². The van der Waals surface area contributed by atoms with Crippen LogP contribution in [-0.4, -0.2) is 23.2 Å².